The molecule has 1 aliphatic carbocycles. The molecule has 1 saturated carbocycles. The number of pyridine rings is 1. The second kappa shape index (κ2) is 8.13. The first-order valence-electron chi connectivity index (χ1n) is 9.22. The third kappa shape index (κ3) is 4.28. The largest absolute Gasteiger partial charge is 0.349 e. The predicted molar refractivity (Wildman–Crippen MR) is 102 cm³/mol. The zero-order valence-corrected chi connectivity index (χ0v) is 15.3. The van der Waals surface area contributed by atoms with Gasteiger partial charge in [0.05, 0.1) is 0 Å². The number of hydrogen-bond donors (Lipinski definition) is 2. The van der Waals surface area contributed by atoms with E-state index >= 15 is 0 Å². The first-order chi connectivity index (χ1) is 12.5. The van der Waals surface area contributed by atoms with E-state index in [9.17, 15) is 9.59 Å². The first kappa shape index (κ1) is 18.1. The molecule has 0 saturated heterocycles. The van der Waals surface area contributed by atoms with Crippen LogP contribution in [0.4, 0.5) is 5.69 Å². The highest BCUT2D eigenvalue weighted by atomic mass is 16.2. The molecule has 0 radical (unpaired) electrons. The number of aromatic nitrogens is 1. The zero-order valence-electron chi connectivity index (χ0n) is 15.3. The SMILES string of the molecule is CC(C)c1ccccc1NC(=O)c1cc(C(=O)NC2CCCC2)ccn1. The Balaban J connectivity index is 1.73. The third-order valence-electron chi connectivity index (χ3n) is 4.78. The quantitative estimate of drug-likeness (QED) is 0.851. The number of benzene rings is 1. The topological polar surface area (TPSA) is 71.1 Å². The van der Waals surface area contributed by atoms with Crippen molar-refractivity contribution < 1.29 is 9.59 Å². The van der Waals surface area contributed by atoms with E-state index in [1.165, 1.54) is 6.20 Å². The number of anilines is 1. The first-order valence-corrected chi connectivity index (χ1v) is 9.22. The maximum absolute atomic E-state index is 12.6. The molecule has 1 fully saturated rings. The molecule has 2 N–H and O–H groups in total. The van der Waals surface area contributed by atoms with Gasteiger partial charge in [-0.2, -0.15) is 0 Å². The summed E-state index contributed by atoms with van der Waals surface area (Å²) in [6.07, 6.45) is 5.87. The van der Waals surface area contributed by atoms with Crippen molar-refractivity contribution in [2.24, 2.45) is 0 Å². The van der Waals surface area contributed by atoms with Gasteiger partial charge in [0.25, 0.3) is 11.8 Å². The monoisotopic (exact) mass is 351 g/mol. The van der Waals surface area contributed by atoms with Crippen molar-refractivity contribution in [2.45, 2.75) is 51.5 Å². The maximum Gasteiger partial charge on any atom is 0.274 e. The summed E-state index contributed by atoms with van der Waals surface area (Å²) in [6, 6.07) is 11.2. The van der Waals surface area contributed by atoms with E-state index in [0.717, 1.165) is 36.9 Å². The minimum atomic E-state index is -0.311. The average molecular weight is 351 g/mol. The molecule has 0 atom stereocenters. The summed E-state index contributed by atoms with van der Waals surface area (Å²) in [4.78, 5) is 29.1. The highest BCUT2D eigenvalue weighted by Crippen LogP contribution is 2.24. The van der Waals surface area contributed by atoms with Gasteiger partial charge >= 0.3 is 0 Å². The number of nitrogens with one attached hydrogen (secondary N) is 2. The second-order valence-corrected chi connectivity index (χ2v) is 7.08. The van der Waals surface area contributed by atoms with Crippen LogP contribution in [0.2, 0.25) is 0 Å². The summed E-state index contributed by atoms with van der Waals surface area (Å²) >= 11 is 0. The molecule has 0 unspecified atom stereocenters. The lowest BCUT2D eigenvalue weighted by atomic mass is 10.0. The molecule has 0 aliphatic heterocycles. The van der Waals surface area contributed by atoms with Gasteiger partial charge in [0.1, 0.15) is 5.69 Å². The third-order valence-corrected chi connectivity index (χ3v) is 4.78. The van der Waals surface area contributed by atoms with Crippen molar-refractivity contribution in [3.63, 3.8) is 0 Å². The van der Waals surface area contributed by atoms with E-state index < -0.39 is 0 Å². The Kier molecular flexibility index (Phi) is 5.66. The van der Waals surface area contributed by atoms with E-state index in [4.69, 9.17) is 0 Å². The van der Waals surface area contributed by atoms with Gasteiger partial charge in [-0.15, -0.1) is 0 Å². The number of amides is 2. The molecule has 3 rings (SSSR count). The fourth-order valence-corrected chi connectivity index (χ4v) is 3.34. The number of carbonyl (C=O) groups is 2. The molecule has 2 amide bonds. The fraction of sp³-hybridized carbons (Fsp3) is 0.381. The van der Waals surface area contributed by atoms with Crippen molar-refractivity contribution in [2.75, 3.05) is 5.32 Å². The van der Waals surface area contributed by atoms with Crippen LogP contribution < -0.4 is 10.6 Å². The fourth-order valence-electron chi connectivity index (χ4n) is 3.34. The Bertz CT molecular complexity index is 795. The number of hydrogen-bond acceptors (Lipinski definition) is 3. The van der Waals surface area contributed by atoms with Crippen LogP contribution >= 0.6 is 0 Å². The summed E-state index contributed by atoms with van der Waals surface area (Å²) in [5.74, 6) is -0.160. The Hall–Kier alpha value is -2.69. The minimum Gasteiger partial charge on any atom is -0.349 e. The summed E-state index contributed by atoms with van der Waals surface area (Å²) in [5, 5.41) is 5.95. The Morgan fingerprint density at radius 2 is 1.81 bits per heavy atom. The van der Waals surface area contributed by atoms with Crippen molar-refractivity contribution >= 4 is 17.5 Å². The van der Waals surface area contributed by atoms with Crippen molar-refractivity contribution in [1.82, 2.24) is 10.3 Å². The molecule has 1 aromatic carbocycles. The number of carbonyl (C=O) groups excluding carboxylic acids is 2. The van der Waals surface area contributed by atoms with Crippen molar-refractivity contribution in [3.05, 3.63) is 59.4 Å². The van der Waals surface area contributed by atoms with Gasteiger partial charge in [0.15, 0.2) is 0 Å². The van der Waals surface area contributed by atoms with Crippen LogP contribution in [0, 0.1) is 0 Å². The normalized spacial score (nSPS) is 14.4. The van der Waals surface area contributed by atoms with Gasteiger partial charge < -0.3 is 10.6 Å². The van der Waals surface area contributed by atoms with E-state index in [1.807, 2.05) is 24.3 Å². The predicted octanol–water partition coefficient (Wildman–Crippen LogP) is 4.13. The molecule has 1 aliphatic rings. The molecular weight excluding hydrogens is 326 g/mol. The van der Waals surface area contributed by atoms with Gasteiger partial charge in [0.2, 0.25) is 0 Å². The van der Waals surface area contributed by atoms with Crippen LogP contribution in [0.5, 0.6) is 0 Å². The maximum atomic E-state index is 12.6. The van der Waals surface area contributed by atoms with Crippen LogP contribution in [-0.2, 0) is 0 Å². The van der Waals surface area contributed by atoms with Crippen LogP contribution in [0.25, 0.3) is 0 Å². The molecule has 0 spiro atoms. The molecule has 2 aromatic rings. The van der Waals surface area contributed by atoms with Gasteiger partial charge in [-0.3, -0.25) is 14.6 Å². The van der Waals surface area contributed by atoms with E-state index in [0.29, 0.717) is 11.5 Å². The molecule has 26 heavy (non-hydrogen) atoms. The standard InChI is InChI=1S/C21H25N3O2/c1-14(2)17-9-5-6-10-18(17)24-21(26)19-13-15(11-12-22-19)20(25)23-16-7-3-4-8-16/h5-6,9-14,16H,3-4,7-8H2,1-2H3,(H,23,25)(H,24,26). The summed E-state index contributed by atoms with van der Waals surface area (Å²) in [6.45, 7) is 4.16. The van der Waals surface area contributed by atoms with E-state index in [2.05, 4.69) is 29.5 Å². The van der Waals surface area contributed by atoms with Crippen LogP contribution in [0.3, 0.4) is 0 Å². The summed E-state index contributed by atoms with van der Waals surface area (Å²) in [5.41, 5.74) is 2.54. The molecule has 1 heterocycles. The molecule has 5 nitrogen and oxygen atoms in total. The number of rotatable bonds is 5. The average Bonchev–Trinajstić information content (AvgIpc) is 3.15. The molecule has 136 valence electrons. The van der Waals surface area contributed by atoms with Gasteiger partial charge in [-0.25, -0.2) is 0 Å². The number of para-hydroxylation sites is 1. The van der Waals surface area contributed by atoms with E-state index in [1.54, 1.807) is 12.1 Å². The van der Waals surface area contributed by atoms with Gasteiger partial charge in [-0.1, -0.05) is 44.9 Å². The van der Waals surface area contributed by atoms with Gasteiger partial charge in [-0.05, 0) is 42.5 Å². The molecule has 0 bridgehead atoms. The smallest absolute Gasteiger partial charge is 0.274 e. The lowest BCUT2D eigenvalue weighted by Gasteiger charge is -2.14. The van der Waals surface area contributed by atoms with Crippen LogP contribution in [0.1, 0.15) is 71.9 Å². The lowest BCUT2D eigenvalue weighted by molar-refractivity contribution is 0.0937. The van der Waals surface area contributed by atoms with Gasteiger partial charge in [0, 0.05) is 23.5 Å². The van der Waals surface area contributed by atoms with Crippen molar-refractivity contribution in [3.8, 4) is 0 Å². The van der Waals surface area contributed by atoms with Crippen molar-refractivity contribution in [1.29, 1.82) is 0 Å². The lowest BCUT2D eigenvalue weighted by Crippen LogP contribution is -2.32. The Morgan fingerprint density at radius 3 is 2.54 bits per heavy atom. The Labute approximate surface area is 154 Å². The summed E-state index contributed by atoms with van der Waals surface area (Å²) < 4.78 is 0. The van der Waals surface area contributed by atoms with E-state index in [-0.39, 0.29) is 23.6 Å². The van der Waals surface area contributed by atoms with Crippen LogP contribution in [0.15, 0.2) is 42.6 Å². The minimum absolute atomic E-state index is 0.143. The number of nitrogens with zero attached hydrogens (tertiary/aromatic N) is 1. The second-order valence-electron chi connectivity index (χ2n) is 7.08. The molecule has 5 heteroatoms. The van der Waals surface area contributed by atoms with Crippen LogP contribution in [-0.4, -0.2) is 22.8 Å². The molecule has 1 aromatic heterocycles. The highest BCUT2D eigenvalue weighted by molar-refractivity contribution is 6.05. The highest BCUT2D eigenvalue weighted by Gasteiger charge is 2.19. The Morgan fingerprint density at radius 1 is 1.08 bits per heavy atom. The zero-order chi connectivity index (χ0) is 18.5. The molecular formula is C21H25N3O2. The summed E-state index contributed by atoms with van der Waals surface area (Å²) in [7, 11) is 0.